The first kappa shape index (κ1) is 24.7. The van der Waals surface area contributed by atoms with E-state index in [1.54, 1.807) is 18.2 Å². The van der Waals surface area contributed by atoms with Crippen LogP contribution in [-0.4, -0.2) is 42.0 Å². The Labute approximate surface area is 225 Å². The van der Waals surface area contributed by atoms with E-state index in [0.29, 0.717) is 28.8 Å². The lowest BCUT2D eigenvalue weighted by Crippen LogP contribution is -2.54. The number of rotatable bonds is 7. The van der Waals surface area contributed by atoms with Crippen molar-refractivity contribution in [3.05, 3.63) is 102 Å². The maximum Gasteiger partial charge on any atom is 0.340 e. The molecule has 0 bridgehead atoms. The maximum absolute atomic E-state index is 12.4. The van der Waals surface area contributed by atoms with Crippen molar-refractivity contribution in [1.82, 2.24) is 4.57 Å². The fourth-order valence-corrected chi connectivity index (χ4v) is 4.52. The Hall–Kier alpha value is -4.01. The summed E-state index contributed by atoms with van der Waals surface area (Å²) < 4.78 is 13.1. The van der Waals surface area contributed by atoms with E-state index in [-0.39, 0.29) is 12.1 Å². The Bertz CT molecular complexity index is 1390. The highest BCUT2D eigenvalue weighted by atomic mass is 35.5. The van der Waals surface area contributed by atoms with Gasteiger partial charge >= 0.3 is 5.97 Å². The average Bonchev–Trinajstić information content (AvgIpc) is 3.42. The number of hydrogen-bond acceptors (Lipinski definition) is 5. The highest BCUT2D eigenvalue weighted by molar-refractivity contribution is 7.80. The molecular weight excluding hydrogens is 508 g/mol. The number of nitrogens with one attached hydrogen (secondary N) is 2. The predicted octanol–water partition coefficient (Wildman–Crippen LogP) is 5.99. The van der Waals surface area contributed by atoms with Crippen molar-refractivity contribution in [1.29, 1.82) is 0 Å². The first-order valence-corrected chi connectivity index (χ1v) is 12.5. The van der Waals surface area contributed by atoms with Crippen molar-refractivity contribution in [2.24, 2.45) is 0 Å². The lowest BCUT2D eigenvalue weighted by atomic mass is 10.1. The molecule has 2 N–H and O–H groups in total. The first-order valence-electron chi connectivity index (χ1n) is 11.7. The summed E-state index contributed by atoms with van der Waals surface area (Å²) in [5.74, 6) is 0.413. The molecule has 0 atom stereocenters. The second-order valence-electron chi connectivity index (χ2n) is 8.51. The Morgan fingerprint density at radius 1 is 0.919 bits per heavy atom. The van der Waals surface area contributed by atoms with Crippen molar-refractivity contribution < 1.29 is 14.3 Å². The fraction of sp³-hybridized carbons (Fsp3) is 0.143. The third-order valence-electron chi connectivity index (χ3n) is 5.99. The summed E-state index contributed by atoms with van der Waals surface area (Å²) in [5, 5.41) is 7.45. The number of aromatic nitrogens is 1. The molecular formula is C28H25ClN4O3S. The molecule has 1 aromatic heterocycles. The van der Waals surface area contributed by atoms with Gasteiger partial charge in [0.15, 0.2) is 5.11 Å². The van der Waals surface area contributed by atoms with E-state index in [2.05, 4.69) is 15.5 Å². The lowest BCUT2D eigenvalue weighted by molar-refractivity contribution is 0.0600. The Kier molecular flexibility index (Phi) is 7.30. The number of esters is 1. The van der Waals surface area contributed by atoms with Gasteiger partial charge in [0, 0.05) is 28.8 Å². The second-order valence-corrected chi connectivity index (χ2v) is 9.36. The van der Waals surface area contributed by atoms with Crippen molar-refractivity contribution in [2.75, 3.05) is 35.7 Å². The second kappa shape index (κ2) is 10.9. The zero-order chi connectivity index (χ0) is 25.8. The molecule has 0 aliphatic carbocycles. The van der Waals surface area contributed by atoms with Crippen LogP contribution in [0.5, 0.6) is 5.75 Å². The monoisotopic (exact) mass is 532 g/mol. The third-order valence-corrected chi connectivity index (χ3v) is 6.44. The van der Waals surface area contributed by atoms with E-state index >= 15 is 0 Å². The topological polar surface area (TPSA) is 67.8 Å². The van der Waals surface area contributed by atoms with Crippen LogP contribution in [-0.2, 0) is 4.74 Å². The van der Waals surface area contributed by atoms with Gasteiger partial charge in [0.05, 0.1) is 37.1 Å². The van der Waals surface area contributed by atoms with Crippen LogP contribution >= 0.6 is 23.8 Å². The number of halogens is 1. The highest BCUT2D eigenvalue weighted by Crippen LogP contribution is 2.33. The standard InChI is InChI=1S/C28H25ClN4O3S/c1-35-27(34)24-5-4-6-25(26(24)32-15-2-3-16-32)33-17-23(18-33)36-22-13-11-21(12-14-22)31-28(37)30-20-9-7-19(29)8-10-20/h2-16,23H,17-18H2,1H3,(H2,30,31,37). The molecule has 1 aliphatic heterocycles. The number of hydrogen-bond donors (Lipinski definition) is 2. The van der Waals surface area contributed by atoms with E-state index in [0.717, 1.165) is 28.5 Å². The summed E-state index contributed by atoms with van der Waals surface area (Å²) >= 11 is 11.3. The molecule has 2 heterocycles. The van der Waals surface area contributed by atoms with Gasteiger partial charge in [0.1, 0.15) is 11.9 Å². The number of para-hydroxylation sites is 1. The minimum absolute atomic E-state index is 0.0331. The Morgan fingerprint density at radius 3 is 2.16 bits per heavy atom. The van der Waals surface area contributed by atoms with Gasteiger partial charge in [-0.05, 0) is 85.0 Å². The highest BCUT2D eigenvalue weighted by Gasteiger charge is 2.32. The molecule has 0 amide bonds. The zero-order valence-corrected chi connectivity index (χ0v) is 21.6. The average molecular weight is 533 g/mol. The van der Waals surface area contributed by atoms with E-state index < -0.39 is 0 Å². The van der Waals surface area contributed by atoms with Crippen LogP contribution in [0.15, 0.2) is 91.3 Å². The van der Waals surface area contributed by atoms with E-state index in [1.165, 1.54) is 7.11 Å². The molecule has 188 valence electrons. The number of nitrogens with zero attached hydrogens (tertiary/aromatic N) is 2. The molecule has 0 spiro atoms. The molecule has 1 saturated heterocycles. The van der Waals surface area contributed by atoms with Gasteiger partial charge in [-0.2, -0.15) is 0 Å². The van der Waals surface area contributed by atoms with Gasteiger partial charge < -0.3 is 29.6 Å². The van der Waals surface area contributed by atoms with Gasteiger partial charge in [0.25, 0.3) is 0 Å². The normalized spacial score (nSPS) is 13.0. The maximum atomic E-state index is 12.4. The fourth-order valence-electron chi connectivity index (χ4n) is 4.16. The number of carbonyl (C=O) groups excluding carboxylic acids is 1. The Balaban J connectivity index is 1.19. The van der Waals surface area contributed by atoms with Gasteiger partial charge in [0.2, 0.25) is 0 Å². The number of thiocarbonyl (C=S) groups is 1. The summed E-state index contributed by atoms with van der Waals surface area (Å²) in [4.78, 5) is 14.6. The molecule has 9 heteroatoms. The smallest absolute Gasteiger partial charge is 0.340 e. The number of methoxy groups -OCH3 is 1. The third kappa shape index (κ3) is 5.71. The van der Waals surface area contributed by atoms with Crippen LogP contribution in [0.2, 0.25) is 5.02 Å². The van der Waals surface area contributed by atoms with Gasteiger partial charge in [-0.1, -0.05) is 17.7 Å². The Morgan fingerprint density at radius 2 is 1.54 bits per heavy atom. The van der Waals surface area contributed by atoms with Crippen molar-refractivity contribution in [2.45, 2.75) is 6.10 Å². The first-order chi connectivity index (χ1) is 18.0. The van der Waals surface area contributed by atoms with Crippen LogP contribution in [0.3, 0.4) is 0 Å². The van der Waals surface area contributed by atoms with Crippen LogP contribution < -0.4 is 20.3 Å². The molecule has 4 aromatic rings. The molecule has 1 fully saturated rings. The zero-order valence-electron chi connectivity index (χ0n) is 20.1. The van der Waals surface area contributed by atoms with Crippen LogP contribution in [0.25, 0.3) is 5.69 Å². The minimum atomic E-state index is -0.365. The SMILES string of the molecule is COC(=O)c1cccc(N2CC(Oc3ccc(NC(=S)Nc4ccc(Cl)cc4)cc3)C2)c1-n1cccc1. The molecule has 37 heavy (non-hydrogen) atoms. The molecule has 0 saturated carbocycles. The molecule has 0 unspecified atom stereocenters. The number of benzene rings is 3. The van der Waals surface area contributed by atoms with Crippen LogP contribution in [0, 0.1) is 0 Å². The van der Waals surface area contributed by atoms with Crippen molar-refractivity contribution in [3.63, 3.8) is 0 Å². The van der Waals surface area contributed by atoms with Crippen molar-refractivity contribution in [3.8, 4) is 11.4 Å². The summed E-state index contributed by atoms with van der Waals surface area (Å²) in [5.41, 5.74) is 3.99. The summed E-state index contributed by atoms with van der Waals surface area (Å²) in [6.45, 7) is 1.40. The summed E-state index contributed by atoms with van der Waals surface area (Å²) in [7, 11) is 1.40. The molecule has 3 aromatic carbocycles. The van der Waals surface area contributed by atoms with E-state index in [1.807, 2.05) is 77.6 Å². The molecule has 5 rings (SSSR count). The summed E-state index contributed by atoms with van der Waals surface area (Å²) in [6, 6.07) is 24.5. The van der Waals surface area contributed by atoms with Gasteiger partial charge in [-0.3, -0.25) is 0 Å². The number of ether oxygens (including phenoxy) is 2. The quantitative estimate of drug-likeness (QED) is 0.224. The minimum Gasteiger partial charge on any atom is -0.487 e. The van der Waals surface area contributed by atoms with Crippen molar-refractivity contribution >= 4 is 52.0 Å². The van der Waals surface area contributed by atoms with E-state index in [4.69, 9.17) is 33.3 Å². The van der Waals surface area contributed by atoms with E-state index in [9.17, 15) is 4.79 Å². The largest absolute Gasteiger partial charge is 0.487 e. The molecule has 7 nitrogen and oxygen atoms in total. The molecule has 1 aliphatic rings. The predicted molar refractivity (Wildman–Crippen MR) is 151 cm³/mol. The summed E-state index contributed by atoms with van der Waals surface area (Å²) in [6.07, 6.45) is 3.88. The number of anilines is 3. The molecule has 0 radical (unpaired) electrons. The number of carbonyl (C=O) groups is 1. The van der Waals surface area contributed by atoms with Crippen LogP contribution in [0.1, 0.15) is 10.4 Å². The van der Waals surface area contributed by atoms with Gasteiger partial charge in [-0.15, -0.1) is 0 Å². The van der Waals surface area contributed by atoms with Crippen LogP contribution in [0.4, 0.5) is 17.1 Å². The lowest BCUT2D eigenvalue weighted by Gasteiger charge is -2.41. The van der Waals surface area contributed by atoms with Gasteiger partial charge in [-0.25, -0.2) is 4.79 Å².